The monoisotopic (exact) mass is 239 g/mol. The van der Waals surface area contributed by atoms with Crippen LogP contribution in [0.2, 0.25) is 5.02 Å². The maximum atomic E-state index is 6.13. The SMILES string of the molecule is C#CCCCCNCc1c(Cl)c(C)nn1C. The quantitative estimate of drug-likeness (QED) is 0.610. The molecule has 16 heavy (non-hydrogen) atoms. The highest BCUT2D eigenvalue weighted by molar-refractivity contribution is 6.31. The Balaban J connectivity index is 2.30. The number of unbranched alkanes of at least 4 members (excludes halogenated alkanes) is 2. The molecule has 0 saturated carbocycles. The summed E-state index contributed by atoms with van der Waals surface area (Å²) < 4.78 is 1.83. The third-order valence-electron chi connectivity index (χ3n) is 2.48. The summed E-state index contributed by atoms with van der Waals surface area (Å²) >= 11 is 6.13. The first-order valence-corrected chi connectivity index (χ1v) is 5.86. The molecule has 0 aliphatic rings. The Labute approximate surface area is 102 Å². The highest BCUT2D eigenvalue weighted by Gasteiger charge is 2.09. The van der Waals surface area contributed by atoms with Crippen LogP contribution in [0.25, 0.3) is 0 Å². The number of hydrogen-bond donors (Lipinski definition) is 1. The second kappa shape index (κ2) is 6.57. The van der Waals surface area contributed by atoms with Gasteiger partial charge >= 0.3 is 0 Å². The zero-order valence-corrected chi connectivity index (χ0v) is 10.6. The van der Waals surface area contributed by atoms with E-state index in [4.69, 9.17) is 18.0 Å². The van der Waals surface area contributed by atoms with Gasteiger partial charge in [0.05, 0.1) is 16.4 Å². The molecule has 1 aromatic rings. The summed E-state index contributed by atoms with van der Waals surface area (Å²) in [5.74, 6) is 2.63. The van der Waals surface area contributed by atoms with Crippen molar-refractivity contribution < 1.29 is 0 Å². The molecule has 88 valence electrons. The van der Waals surface area contributed by atoms with E-state index in [-0.39, 0.29) is 0 Å². The Morgan fingerprint density at radius 3 is 2.81 bits per heavy atom. The Morgan fingerprint density at radius 2 is 2.25 bits per heavy atom. The number of nitrogens with one attached hydrogen (secondary N) is 1. The number of rotatable bonds is 6. The molecular formula is C12H18ClN3. The van der Waals surface area contributed by atoms with Gasteiger partial charge in [0.2, 0.25) is 0 Å². The lowest BCUT2D eigenvalue weighted by Gasteiger charge is -2.05. The van der Waals surface area contributed by atoms with Crippen molar-refractivity contribution in [2.24, 2.45) is 7.05 Å². The normalized spacial score (nSPS) is 10.4. The molecule has 1 aromatic heterocycles. The topological polar surface area (TPSA) is 29.9 Å². The molecule has 0 unspecified atom stereocenters. The molecule has 0 amide bonds. The molecule has 0 atom stereocenters. The predicted octanol–water partition coefficient (Wildman–Crippen LogP) is 2.28. The van der Waals surface area contributed by atoms with Crippen LogP contribution >= 0.6 is 11.6 Å². The van der Waals surface area contributed by atoms with Crippen molar-refractivity contribution >= 4 is 11.6 Å². The van der Waals surface area contributed by atoms with E-state index in [9.17, 15) is 0 Å². The van der Waals surface area contributed by atoms with Crippen molar-refractivity contribution in [3.05, 3.63) is 16.4 Å². The molecule has 0 fully saturated rings. The first-order chi connectivity index (χ1) is 7.66. The highest BCUT2D eigenvalue weighted by atomic mass is 35.5. The van der Waals surface area contributed by atoms with Crippen LogP contribution in [0.1, 0.15) is 30.7 Å². The number of halogens is 1. The summed E-state index contributed by atoms with van der Waals surface area (Å²) in [7, 11) is 1.91. The van der Waals surface area contributed by atoms with E-state index < -0.39 is 0 Å². The first-order valence-electron chi connectivity index (χ1n) is 5.49. The molecule has 4 heteroatoms. The van der Waals surface area contributed by atoms with Crippen LogP contribution in [0.4, 0.5) is 0 Å². The van der Waals surface area contributed by atoms with Crippen molar-refractivity contribution in [2.45, 2.75) is 32.7 Å². The highest BCUT2D eigenvalue weighted by Crippen LogP contribution is 2.18. The summed E-state index contributed by atoms with van der Waals surface area (Å²) in [6, 6.07) is 0. The molecule has 0 saturated heterocycles. The van der Waals surface area contributed by atoms with E-state index in [0.29, 0.717) is 0 Å². The Hall–Kier alpha value is -0.980. The van der Waals surface area contributed by atoms with Gasteiger partial charge in [-0.05, 0) is 26.3 Å². The van der Waals surface area contributed by atoms with Crippen LogP contribution in [0.5, 0.6) is 0 Å². The zero-order chi connectivity index (χ0) is 12.0. The van der Waals surface area contributed by atoms with Crippen LogP contribution in [0, 0.1) is 19.3 Å². The number of hydrogen-bond acceptors (Lipinski definition) is 2. The van der Waals surface area contributed by atoms with Crippen molar-refractivity contribution in [1.29, 1.82) is 0 Å². The third-order valence-corrected chi connectivity index (χ3v) is 2.97. The molecule has 0 radical (unpaired) electrons. The van der Waals surface area contributed by atoms with Gasteiger partial charge in [-0.25, -0.2) is 0 Å². The van der Waals surface area contributed by atoms with Crippen molar-refractivity contribution in [1.82, 2.24) is 15.1 Å². The minimum atomic E-state index is 0.756. The fraction of sp³-hybridized carbons (Fsp3) is 0.583. The van der Waals surface area contributed by atoms with Gasteiger partial charge in [-0.1, -0.05) is 11.6 Å². The Bertz CT molecular complexity index is 376. The fourth-order valence-electron chi connectivity index (χ4n) is 1.56. The van der Waals surface area contributed by atoms with Crippen LogP contribution < -0.4 is 5.32 Å². The third kappa shape index (κ3) is 3.55. The second-order valence-corrected chi connectivity index (χ2v) is 4.19. The average molecular weight is 240 g/mol. The van der Waals surface area contributed by atoms with Crippen LogP contribution in [0.15, 0.2) is 0 Å². The molecular weight excluding hydrogens is 222 g/mol. The van der Waals surface area contributed by atoms with Crippen LogP contribution in [-0.2, 0) is 13.6 Å². The molecule has 0 bridgehead atoms. The zero-order valence-electron chi connectivity index (χ0n) is 9.89. The Morgan fingerprint density at radius 1 is 1.50 bits per heavy atom. The predicted molar refractivity (Wildman–Crippen MR) is 67.3 cm³/mol. The van der Waals surface area contributed by atoms with Gasteiger partial charge in [0.25, 0.3) is 0 Å². The smallest absolute Gasteiger partial charge is 0.0860 e. The molecule has 0 aromatic carbocycles. The molecule has 0 aliphatic heterocycles. The van der Waals surface area contributed by atoms with Crippen molar-refractivity contribution in [2.75, 3.05) is 6.54 Å². The number of aryl methyl sites for hydroxylation is 2. The molecule has 0 aliphatic carbocycles. The molecule has 1 rings (SSSR count). The summed E-state index contributed by atoms with van der Waals surface area (Å²) in [5, 5.41) is 8.36. The molecule has 3 nitrogen and oxygen atoms in total. The van der Waals surface area contributed by atoms with Gasteiger partial charge < -0.3 is 5.32 Å². The van der Waals surface area contributed by atoms with Crippen LogP contribution in [-0.4, -0.2) is 16.3 Å². The van der Waals surface area contributed by atoms with E-state index >= 15 is 0 Å². The van der Waals surface area contributed by atoms with E-state index in [0.717, 1.165) is 48.8 Å². The average Bonchev–Trinajstić information content (AvgIpc) is 2.49. The summed E-state index contributed by atoms with van der Waals surface area (Å²) in [5.41, 5.74) is 1.92. The van der Waals surface area contributed by atoms with Gasteiger partial charge in [-0.3, -0.25) is 4.68 Å². The summed E-state index contributed by atoms with van der Waals surface area (Å²) in [6.45, 7) is 3.63. The summed E-state index contributed by atoms with van der Waals surface area (Å²) in [4.78, 5) is 0. The molecule has 1 N–H and O–H groups in total. The number of aromatic nitrogens is 2. The van der Waals surface area contributed by atoms with Gasteiger partial charge in [-0.2, -0.15) is 5.10 Å². The number of terminal acetylenes is 1. The first kappa shape index (κ1) is 13.1. The summed E-state index contributed by atoms with van der Waals surface area (Å²) in [6.07, 6.45) is 8.20. The van der Waals surface area contributed by atoms with Gasteiger partial charge in [-0.15, -0.1) is 12.3 Å². The fourth-order valence-corrected chi connectivity index (χ4v) is 1.78. The second-order valence-electron chi connectivity index (χ2n) is 3.81. The maximum absolute atomic E-state index is 6.13. The lowest BCUT2D eigenvalue weighted by atomic mass is 10.2. The van der Waals surface area contributed by atoms with E-state index in [1.807, 2.05) is 18.7 Å². The van der Waals surface area contributed by atoms with Crippen molar-refractivity contribution in [3.8, 4) is 12.3 Å². The van der Waals surface area contributed by atoms with Gasteiger partial charge in [0, 0.05) is 20.0 Å². The minimum Gasteiger partial charge on any atom is -0.311 e. The van der Waals surface area contributed by atoms with E-state index in [1.165, 1.54) is 0 Å². The molecule has 0 spiro atoms. The van der Waals surface area contributed by atoms with E-state index in [2.05, 4.69) is 16.3 Å². The maximum Gasteiger partial charge on any atom is 0.0860 e. The minimum absolute atomic E-state index is 0.756. The van der Waals surface area contributed by atoms with E-state index in [1.54, 1.807) is 0 Å². The Kier molecular flexibility index (Phi) is 5.37. The number of nitrogens with zero attached hydrogens (tertiary/aromatic N) is 2. The lowest BCUT2D eigenvalue weighted by molar-refractivity contribution is 0.595. The van der Waals surface area contributed by atoms with Gasteiger partial charge in [0.1, 0.15) is 0 Å². The van der Waals surface area contributed by atoms with Gasteiger partial charge in [0.15, 0.2) is 0 Å². The van der Waals surface area contributed by atoms with Crippen molar-refractivity contribution in [3.63, 3.8) is 0 Å². The standard InChI is InChI=1S/C12H18ClN3/c1-4-5-6-7-8-14-9-11-12(13)10(2)15-16(11)3/h1,14H,5-9H2,2-3H3. The lowest BCUT2D eigenvalue weighted by Crippen LogP contribution is -2.17. The largest absolute Gasteiger partial charge is 0.311 e. The van der Waals surface area contributed by atoms with Crippen LogP contribution in [0.3, 0.4) is 0 Å². The molecule has 1 heterocycles.